The molecule has 0 radical (unpaired) electrons. The molecular formula is C10H5F7O. The molecule has 18 heavy (non-hydrogen) atoms. The van der Waals surface area contributed by atoms with E-state index in [4.69, 9.17) is 0 Å². The van der Waals surface area contributed by atoms with Crippen LogP contribution in [0.4, 0.5) is 30.7 Å². The van der Waals surface area contributed by atoms with Gasteiger partial charge in [0.05, 0.1) is 0 Å². The van der Waals surface area contributed by atoms with Crippen LogP contribution in [0.2, 0.25) is 0 Å². The summed E-state index contributed by atoms with van der Waals surface area (Å²) in [4.78, 5) is 10.4. The van der Waals surface area contributed by atoms with Gasteiger partial charge in [0, 0.05) is 5.56 Å². The zero-order chi connectivity index (χ0) is 14.2. The third kappa shape index (κ3) is 2.32. The Balaban J connectivity index is 3.23. The first kappa shape index (κ1) is 14.5. The van der Waals surface area contributed by atoms with Crippen LogP contribution in [-0.4, -0.2) is 17.9 Å². The van der Waals surface area contributed by atoms with E-state index < -0.39 is 29.4 Å². The molecule has 1 rings (SSSR count). The van der Waals surface area contributed by atoms with E-state index in [0.29, 0.717) is 12.1 Å². The van der Waals surface area contributed by atoms with Crippen molar-refractivity contribution in [3.63, 3.8) is 0 Å². The van der Waals surface area contributed by atoms with Gasteiger partial charge in [0.1, 0.15) is 0 Å². The smallest absolute Gasteiger partial charge is 0.282 e. The van der Waals surface area contributed by atoms with Crippen LogP contribution in [0.5, 0.6) is 0 Å². The summed E-state index contributed by atoms with van der Waals surface area (Å²) in [6, 6.07) is 4.12. The molecule has 0 amide bonds. The zero-order valence-electron chi connectivity index (χ0n) is 8.44. The van der Waals surface area contributed by atoms with E-state index in [-0.39, 0.29) is 0 Å². The molecule has 0 saturated carbocycles. The highest BCUT2D eigenvalue weighted by molar-refractivity contribution is 5.91. The first-order valence-electron chi connectivity index (χ1n) is 4.44. The summed E-state index contributed by atoms with van der Waals surface area (Å²) in [5.41, 5.74) is -1.37. The second-order valence-electron chi connectivity index (χ2n) is 3.34. The van der Waals surface area contributed by atoms with E-state index in [1.807, 2.05) is 0 Å². The van der Waals surface area contributed by atoms with Crippen molar-refractivity contribution in [2.24, 2.45) is 0 Å². The molecule has 8 heteroatoms. The molecule has 0 N–H and O–H groups in total. The molecule has 0 saturated heterocycles. The molecule has 0 aliphatic carbocycles. The van der Waals surface area contributed by atoms with Crippen molar-refractivity contribution < 1.29 is 35.5 Å². The van der Waals surface area contributed by atoms with Crippen molar-refractivity contribution in [3.8, 4) is 0 Å². The minimum atomic E-state index is -6.04. The number of carbonyl (C=O) groups excluding carboxylic acids is 1. The molecule has 0 heterocycles. The summed E-state index contributed by atoms with van der Waals surface area (Å²) in [5.74, 6) is -14.9. The maximum atomic E-state index is 13.2. The quantitative estimate of drug-likeness (QED) is 0.770. The van der Waals surface area contributed by atoms with Gasteiger partial charge in [-0.15, -0.1) is 0 Å². The third-order valence-electron chi connectivity index (χ3n) is 2.07. The van der Waals surface area contributed by atoms with Gasteiger partial charge in [-0.25, -0.2) is 0 Å². The molecular weight excluding hydrogens is 269 g/mol. The van der Waals surface area contributed by atoms with Gasteiger partial charge in [0.15, 0.2) is 0 Å². The van der Waals surface area contributed by atoms with Crippen LogP contribution in [0, 0.1) is 0 Å². The number of hydrogen-bond acceptors (Lipinski definition) is 1. The number of rotatable bonds is 3. The Labute approximate surface area is 96.2 Å². The highest BCUT2D eigenvalue weighted by Crippen LogP contribution is 2.46. The average molecular weight is 274 g/mol. The summed E-state index contributed by atoms with van der Waals surface area (Å²) >= 11 is 0. The highest BCUT2D eigenvalue weighted by Gasteiger charge is 2.69. The lowest BCUT2D eigenvalue weighted by Gasteiger charge is -2.26. The van der Waals surface area contributed by atoms with E-state index in [1.54, 1.807) is 0 Å². The van der Waals surface area contributed by atoms with Crippen molar-refractivity contribution >= 4 is 5.78 Å². The predicted molar refractivity (Wildman–Crippen MR) is 46.3 cm³/mol. The molecule has 0 aliphatic rings. The first-order chi connectivity index (χ1) is 8.01. The van der Waals surface area contributed by atoms with E-state index in [9.17, 15) is 35.5 Å². The monoisotopic (exact) mass is 274 g/mol. The van der Waals surface area contributed by atoms with Gasteiger partial charge >= 0.3 is 23.8 Å². The number of benzene rings is 1. The third-order valence-corrected chi connectivity index (χ3v) is 2.07. The summed E-state index contributed by atoms with van der Waals surface area (Å²) < 4.78 is 87.9. The molecule has 0 aliphatic heterocycles. The minimum Gasteiger partial charge on any atom is -0.282 e. The van der Waals surface area contributed by atoms with Crippen LogP contribution in [0.25, 0.3) is 0 Å². The van der Waals surface area contributed by atoms with Crippen LogP contribution in [-0.2, 0) is 10.7 Å². The lowest BCUT2D eigenvalue weighted by molar-refractivity contribution is -0.243. The average Bonchev–Trinajstić information content (AvgIpc) is 2.27. The maximum Gasteiger partial charge on any atom is 0.456 e. The van der Waals surface area contributed by atoms with Crippen molar-refractivity contribution in [3.05, 3.63) is 35.9 Å². The standard InChI is InChI=1S/C10H5F7O/c11-8(12,6-4-2-1-3-5-6)9(13,14)7(18)10(15,16)17/h1-5H. The number of hydrogen-bond donors (Lipinski definition) is 0. The number of alkyl halides is 7. The van der Waals surface area contributed by atoms with E-state index >= 15 is 0 Å². The highest BCUT2D eigenvalue weighted by atomic mass is 19.4. The Morgan fingerprint density at radius 1 is 0.833 bits per heavy atom. The van der Waals surface area contributed by atoms with E-state index in [1.165, 1.54) is 6.07 Å². The molecule has 1 aromatic rings. The van der Waals surface area contributed by atoms with Gasteiger partial charge in [-0.2, -0.15) is 30.7 Å². The van der Waals surface area contributed by atoms with Gasteiger partial charge < -0.3 is 0 Å². The van der Waals surface area contributed by atoms with Crippen molar-refractivity contribution in [2.75, 3.05) is 0 Å². The summed E-state index contributed by atoms with van der Waals surface area (Å²) in [7, 11) is 0. The number of ketones is 1. The Hall–Kier alpha value is -1.60. The summed E-state index contributed by atoms with van der Waals surface area (Å²) in [5, 5.41) is 0. The van der Waals surface area contributed by atoms with Crippen LogP contribution in [0.15, 0.2) is 30.3 Å². The van der Waals surface area contributed by atoms with Gasteiger partial charge in [-0.05, 0) is 0 Å². The second-order valence-corrected chi connectivity index (χ2v) is 3.34. The molecule has 0 fully saturated rings. The zero-order valence-corrected chi connectivity index (χ0v) is 8.44. The first-order valence-corrected chi connectivity index (χ1v) is 4.44. The largest absolute Gasteiger partial charge is 0.456 e. The molecule has 1 aromatic carbocycles. The number of carbonyl (C=O) groups is 1. The Bertz CT molecular complexity index is 435. The molecule has 0 bridgehead atoms. The Morgan fingerprint density at radius 2 is 1.28 bits per heavy atom. The van der Waals surface area contributed by atoms with Crippen LogP contribution in [0.3, 0.4) is 0 Å². The fourth-order valence-electron chi connectivity index (χ4n) is 1.15. The SMILES string of the molecule is O=C(C(F)(F)F)C(F)(F)C(F)(F)c1ccccc1. The normalized spacial score (nSPS) is 13.5. The molecule has 0 unspecified atom stereocenters. The van der Waals surface area contributed by atoms with Crippen molar-refractivity contribution in [2.45, 2.75) is 18.0 Å². The van der Waals surface area contributed by atoms with Crippen LogP contribution in [0.1, 0.15) is 5.56 Å². The van der Waals surface area contributed by atoms with E-state index in [0.717, 1.165) is 12.1 Å². The van der Waals surface area contributed by atoms with Gasteiger partial charge in [0.2, 0.25) is 0 Å². The van der Waals surface area contributed by atoms with Gasteiger partial charge in [0.25, 0.3) is 0 Å². The Morgan fingerprint density at radius 3 is 1.67 bits per heavy atom. The molecule has 0 atom stereocenters. The van der Waals surface area contributed by atoms with Crippen LogP contribution < -0.4 is 0 Å². The molecule has 0 aromatic heterocycles. The number of halogens is 7. The molecule has 100 valence electrons. The lowest BCUT2D eigenvalue weighted by atomic mass is 9.99. The van der Waals surface area contributed by atoms with Crippen molar-refractivity contribution in [1.82, 2.24) is 0 Å². The minimum absolute atomic E-state index is 0.511. The topological polar surface area (TPSA) is 17.1 Å². The second kappa shape index (κ2) is 4.25. The predicted octanol–water partition coefficient (Wildman–Crippen LogP) is 3.55. The molecule has 1 nitrogen and oxygen atoms in total. The molecule has 0 spiro atoms. The van der Waals surface area contributed by atoms with Crippen molar-refractivity contribution in [1.29, 1.82) is 0 Å². The van der Waals surface area contributed by atoms with E-state index in [2.05, 4.69) is 0 Å². The van der Waals surface area contributed by atoms with Gasteiger partial charge in [-0.1, -0.05) is 30.3 Å². The van der Waals surface area contributed by atoms with Crippen LogP contribution >= 0.6 is 0 Å². The van der Waals surface area contributed by atoms with Gasteiger partial charge in [-0.3, -0.25) is 4.79 Å². The fourth-order valence-corrected chi connectivity index (χ4v) is 1.15. The maximum absolute atomic E-state index is 13.2. The Kier molecular flexibility index (Phi) is 3.42. The number of Topliss-reactive ketones (excluding diaryl/α,β-unsaturated/α-hetero) is 1. The summed E-state index contributed by atoms with van der Waals surface area (Å²) in [6.45, 7) is 0. The fraction of sp³-hybridized carbons (Fsp3) is 0.300. The lowest BCUT2D eigenvalue weighted by Crippen LogP contribution is -2.50. The summed E-state index contributed by atoms with van der Waals surface area (Å²) in [6.07, 6.45) is -6.04.